The molecule has 0 rings (SSSR count). The summed E-state index contributed by atoms with van der Waals surface area (Å²) in [5, 5.41) is 7.95. The van der Waals surface area contributed by atoms with Gasteiger partial charge in [0.2, 0.25) is 6.79 Å². The smallest absolute Gasteiger partial charge is 0.450 e. The van der Waals surface area contributed by atoms with Crippen molar-refractivity contribution in [3.8, 4) is 0 Å². The molecule has 0 bridgehead atoms. The first kappa shape index (κ1) is 10.5. The number of esters is 1. The van der Waals surface area contributed by atoms with E-state index in [1.807, 2.05) is 22.6 Å². The number of rotatable bonds is 3. The van der Waals surface area contributed by atoms with Crippen LogP contribution in [-0.2, 0) is 14.3 Å². The van der Waals surface area contributed by atoms with Gasteiger partial charge in [0.05, 0.1) is 0 Å². The highest BCUT2D eigenvalue weighted by atomic mass is 127. The quantitative estimate of drug-likeness (QED) is 0.360. The van der Waals surface area contributed by atoms with Gasteiger partial charge in [-0.15, -0.1) is 0 Å². The van der Waals surface area contributed by atoms with Crippen LogP contribution in [0.3, 0.4) is 0 Å². The first-order chi connectivity index (χ1) is 5.04. The monoisotopic (exact) mass is 274 g/mol. The number of halogens is 1. The lowest BCUT2D eigenvalue weighted by Crippen LogP contribution is -2.17. The van der Waals surface area contributed by atoms with Gasteiger partial charge < -0.3 is 14.6 Å². The molecule has 64 valence electrons. The first-order valence-corrected chi connectivity index (χ1v) is 3.95. The van der Waals surface area contributed by atoms with Gasteiger partial charge in [-0.1, -0.05) is 22.6 Å². The third kappa shape index (κ3) is 5.89. The number of hydrogen-bond acceptors (Lipinski definition) is 4. The Morgan fingerprint density at radius 1 is 1.55 bits per heavy atom. The molecule has 0 aromatic carbocycles. The lowest BCUT2D eigenvalue weighted by Gasteiger charge is -2.03. The van der Waals surface area contributed by atoms with E-state index in [-0.39, 0.29) is 3.92 Å². The van der Waals surface area contributed by atoms with E-state index in [1.54, 1.807) is 6.92 Å². The summed E-state index contributed by atoms with van der Waals surface area (Å²) >= 11 is 1.85. The molecule has 0 spiro atoms. The maximum atomic E-state index is 10.6. The zero-order valence-corrected chi connectivity index (χ0v) is 7.90. The van der Waals surface area contributed by atoms with Gasteiger partial charge in [0, 0.05) is 0 Å². The number of carbonyl (C=O) groups excluding carboxylic acids is 1. The standard InChI is InChI=1S/C5H7IO5/c1-3(6)4(7)10-2-11-5(8)9/h3H,2H2,1H3,(H,8,9). The van der Waals surface area contributed by atoms with E-state index >= 15 is 0 Å². The molecule has 0 saturated heterocycles. The Morgan fingerprint density at radius 3 is 2.45 bits per heavy atom. The Labute approximate surface area is 76.8 Å². The van der Waals surface area contributed by atoms with E-state index < -0.39 is 18.9 Å². The average molecular weight is 274 g/mol. The molecule has 0 amide bonds. The molecule has 0 aliphatic carbocycles. The summed E-state index contributed by atoms with van der Waals surface area (Å²) in [6, 6.07) is 0. The van der Waals surface area contributed by atoms with Crippen molar-refractivity contribution < 1.29 is 24.2 Å². The number of ether oxygens (including phenoxy) is 2. The highest BCUT2D eigenvalue weighted by Crippen LogP contribution is 2.00. The second-order valence-electron chi connectivity index (χ2n) is 1.61. The molecule has 1 unspecified atom stereocenters. The van der Waals surface area contributed by atoms with Crippen LogP contribution in [0.25, 0.3) is 0 Å². The van der Waals surface area contributed by atoms with Crippen molar-refractivity contribution in [1.82, 2.24) is 0 Å². The van der Waals surface area contributed by atoms with Crippen LogP contribution in [0.15, 0.2) is 0 Å². The van der Waals surface area contributed by atoms with Crippen molar-refractivity contribution in [2.75, 3.05) is 6.79 Å². The summed E-state index contributed by atoms with van der Waals surface area (Å²) in [5.41, 5.74) is 0. The minimum atomic E-state index is -1.46. The van der Waals surface area contributed by atoms with Gasteiger partial charge in [-0.3, -0.25) is 4.79 Å². The second-order valence-corrected chi connectivity index (χ2v) is 3.48. The molecule has 0 fully saturated rings. The first-order valence-electron chi connectivity index (χ1n) is 2.70. The fraction of sp³-hybridized carbons (Fsp3) is 0.600. The van der Waals surface area contributed by atoms with Crippen LogP contribution in [0.5, 0.6) is 0 Å². The Bertz CT molecular complexity index is 155. The van der Waals surface area contributed by atoms with Crippen molar-refractivity contribution in [3.05, 3.63) is 0 Å². The predicted octanol–water partition coefficient (Wildman–Crippen LogP) is 1.01. The van der Waals surface area contributed by atoms with Crippen LogP contribution in [0, 0.1) is 0 Å². The van der Waals surface area contributed by atoms with Crippen molar-refractivity contribution in [3.63, 3.8) is 0 Å². The summed E-state index contributed by atoms with van der Waals surface area (Å²) in [7, 11) is 0. The van der Waals surface area contributed by atoms with Crippen LogP contribution < -0.4 is 0 Å². The topological polar surface area (TPSA) is 72.8 Å². The molecular weight excluding hydrogens is 267 g/mol. The molecule has 11 heavy (non-hydrogen) atoms. The minimum Gasteiger partial charge on any atom is -0.450 e. The summed E-state index contributed by atoms with van der Waals surface area (Å²) < 4.78 is 8.00. The Morgan fingerprint density at radius 2 is 2.09 bits per heavy atom. The van der Waals surface area contributed by atoms with Crippen molar-refractivity contribution in [2.24, 2.45) is 0 Å². The molecular formula is C5H7IO5. The highest BCUT2D eigenvalue weighted by Gasteiger charge is 2.09. The van der Waals surface area contributed by atoms with Gasteiger partial charge in [0.1, 0.15) is 3.92 Å². The number of carboxylic acid groups (broad SMARTS) is 1. The van der Waals surface area contributed by atoms with E-state index in [2.05, 4.69) is 9.47 Å². The maximum absolute atomic E-state index is 10.6. The summed E-state index contributed by atoms with van der Waals surface area (Å²) in [5.74, 6) is -0.494. The highest BCUT2D eigenvalue weighted by molar-refractivity contribution is 14.1. The number of carbonyl (C=O) groups is 2. The van der Waals surface area contributed by atoms with E-state index in [4.69, 9.17) is 5.11 Å². The molecule has 0 aliphatic heterocycles. The maximum Gasteiger partial charge on any atom is 0.508 e. The van der Waals surface area contributed by atoms with Gasteiger partial charge in [-0.2, -0.15) is 0 Å². The van der Waals surface area contributed by atoms with E-state index in [1.165, 1.54) is 0 Å². The molecule has 6 heteroatoms. The molecule has 0 aromatic rings. The summed E-state index contributed by atoms with van der Waals surface area (Å²) in [6.45, 7) is 1.09. The lowest BCUT2D eigenvalue weighted by molar-refractivity contribution is -0.151. The van der Waals surface area contributed by atoms with Crippen LogP contribution in [-0.4, -0.2) is 27.9 Å². The van der Waals surface area contributed by atoms with Crippen LogP contribution in [0.4, 0.5) is 4.79 Å². The van der Waals surface area contributed by atoms with Crippen molar-refractivity contribution >= 4 is 34.7 Å². The van der Waals surface area contributed by atoms with Crippen LogP contribution in [0.2, 0.25) is 0 Å². The van der Waals surface area contributed by atoms with Crippen LogP contribution in [0.1, 0.15) is 6.92 Å². The molecule has 5 nitrogen and oxygen atoms in total. The third-order valence-corrected chi connectivity index (χ3v) is 1.22. The normalized spacial score (nSPS) is 11.8. The molecule has 1 atom stereocenters. The molecule has 0 heterocycles. The fourth-order valence-electron chi connectivity index (χ4n) is 0.253. The number of hydrogen-bond donors (Lipinski definition) is 1. The Hall–Kier alpha value is -0.530. The average Bonchev–Trinajstić information content (AvgIpc) is 1.86. The molecule has 0 aromatic heterocycles. The third-order valence-electron chi connectivity index (χ3n) is 0.708. The van der Waals surface area contributed by atoms with E-state index in [9.17, 15) is 9.59 Å². The zero-order chi connectivity index (χ0) is 8.85. The van der Waals surface area contributed by atoms with Crippen molar-refractivity contribution in [1.29, 1.82) is 0 Å². The van der Waals surface area contributed by atoms with E-state index in [0.29, 0.717) is 0 Å². The number of alkyl halides is 1. The van der Waals surface area contributed by atoms with E-state index in [0.717, 1.165) is 0 Å². The van der Waals surface area contributed by atoms with Crippen LogP contribution >= 0.6 is 22.6 Å². The van der Waals surface area contributed by atoms with Gasteiger partial charge in [0.25, 0.3) is 0 Å². The predicted molar refractivity (Wildman–Crippen MR) is 43.6 cm³/mol. The fourth-order valence-corrected chi connectivity index (χ4v) is 0.433. The molecule has 0 radical (unpaired) electrons. The second kappa shape index (κ2) is 5.16. The largest absolute Gasteiger partial charge is 0.508 e. The SMILES string of the molecule is CC(I)C(=O)OCOC(=O)O. The van der Waals surface area contributed by atoms with Gasteiger partial charge in [0.15, 0.2) is 0 Å². The van der Waals surface area contributed by atoms with Gasteiger partial charge in [-0.25, -0.2) is 4.79 Å². The lowest BCUT2D eigenvalue weighted by atomic mass is 10.5. The summed E-state index contributed by atoms with van der Waals surface area (Å²) in [4.78, 5) is 20.4. The molecule has 1 N–H and O–H groups in total. The van der Waals surface area contributed by atoms with Crippen molar-refractivity contribution in [2.45, 2.75) is 10.8 Å². The Kier molecular flexibility index (Phi) is 4.92. The van der Waals surface area contributed by atoms with Gasteiger partial charge >= 0.3 is 12.1 Å². The van der Waals surface area contributed by atoms with Gasteiger partial charge in [-0.05, 0) is 6.92 Å². The zero-order valence-electron chi connectivity index (χ0n) is 5.74. The Balaban J connectivity index is 3.39. The molecule has 0 aliphatic rings. The minimum absolute atomic E-state index is 0.301. The summed E-state index contributed by atoms with van der Waals surface area (Å²) in [6.07, 6.45) is -1.46. The molecule has 0 saturated carbocycles.